The fourth-order valence-corrected chi connectivity index (χ4v) is 2.20. The van der Waals surface area contributed by atoms with Crippen LogP contribution in [-0.2, 0) is 4.74 Å². The molecule has 0 unspecified atom stereocenters. The minimum atomic E-state index is -0.465. The van der Waals surface area contributed by atoms with Crippen LogP contribution in [0.15, 0.2) is 24.4 Å². The number of methoxy groups -OCH3 is 1. The van der Waals surface area contributed by atoms with Crippen LogP contribution in [-0.4, -0.2) is 41.8 Å². The van der Waals surface area contributed by atoms with E-state index in [1.54, 1.807) is 18.2 Å². The number of pyridine rings is 1. The normalized spacial score (nSPS) is 15.4. The summed E-state index contributed by atoms with van der Waals surface area (Å²) in [6.07, 6.45) is 4.24. The van der Waals surface area contributed by atoms with E-state index in [0.29, 0.717) is 19.0 Å². The van der Waals surface area contributed by atoms with E-state index in [4.69, 9.17) is 9.47 Å². The van der Waals surface area contributed by atoms with Crippen LogP contribution in [0.2, 0.25) is 0 Å². The Labute approximate surface area is 125 Å². The number of amides is 1. The van der Waals surface area contributed by atoms with E-state index < -0.39 is 5.60 Å². The van der Waals surface area contributed by atoms with Gasteiger partial charge in [-0.15, -0.1) is 0 Å². The van der Waals surface area contributed by atoms with Crippen LogP contribution in [0.4, 0.5) is 4.79 Å². The Balaban J connectivity index is 2.07. The van der Waals surface area contributed by atoms with Gasteiger partial charge in [-0.2, -0.15) is 0 Å². The van der Waals surface area contributed by atoms with Gasteiger partial charge in [0.25, 0.3) is 0 Å². The van der Waals surface area contributed by atoms with Gasteiger partial charge in [0.2, 0.25) is 5.88 Å². The van der Waals surface area contributed by atoms with E-state index in [0.717, 1.165) is 17.6 Å². The molecule has 0 aliphatic carbocycles. The monoisotopic (exact) mass is 290 g/mol. The summed E-state index contributed by atoms with van der Waals surface area (Å²) in [6, 6.07) is 3.87. The summed E-state index contributed by atoms with van der Waals surface area (Å²) in [5.41, 5.74) is 1.68. The molecule has 1 amide bonds. The summed E-state index contributed by atoms with van der Waals surface area (Å²) in [5, 5.41) is 0. The van der Waals surface area contributed by atoms with Gasteiger partial charge in [0.1, 0.15) is 5.60 Å². The molecule has 0 saturated carbocycles. The molecule has 0 N–H and O–H groups in total. The number of rotatable bonds is 2. The minimum Gasteiger partial charge on any atom is -0.481 e. The van der Waals surface area contributed by atoms with E-state index in [2.05, 4.69) is 4.98 Å². The molecule has 0 fully saturated rings. The highest BCUT2D eigenvalue weighted by molar-refractivity contribution is 5.74. The first-order valence-electron chi connectivity index (χ1n) is 7.07. The smallest absolute Gasteiger partial charge is 0.410 e. The standard InChI is InChI=1S/C16H22N2O3/c1-16(2,3)21-15(19)18-10-7-12(8-11-18)13-6-5-9-17-14(13)20-4/h5-7,9H,8,10-11H2,1-4H3. The van der Waals surface area contributed by atoms with Gasteiger partial charge in [0.05, 0.1) is 7.11 Å². The zero-order valence-electron chi connectivity index (χ0n) is 13.0. The van der Waals surface area contributed by atoms with E-state index in [1.807, 2.05) is 39.0 Å². The third-order valence-electron chi connectivity index (χ3n) is 3.17. The van der Waals surface area contributed by atoms with Crippen molar-refractivity contribution < 1.29 is 14.3 Å². The first kappa shape index (κ1) is 15.4. The molecule has 1 aliphatic heterocycles. The van der Waals surface area contributed by atoms with Gasteiger partial charge < -0.3 is 14.4 Å². The lowest BCUT2D eigenvalue weighted by atomic mass is 10.0. The van der Waals surface area contributed by atoms with Gasteiger partial charge in [0.15, 0.2) is 0 Å². The van der Waals surface area contributed by atoms with Gasteiger partial charge in [0, 0.05) is 24.8 Å². The zero-order chi connectivity index (χ0) is 15.5. The highest BCUT2D eigenvalue weighted by Crippen LogP contribution is 2.28. The molecule has 0 bridgehead atoms. The second-order valence-corrected chi connectivity index (χ2v) is 5.97. The fraction of sp³-hybridized carbons (Fsp3) is 0.500. The Morgan fingerprint density at radius 3 is 2.71 bits per heavy atom. The van der Waals surface area contributed by atoms with Crippen LogP contribution in [0.1, 0.15) is 32.8 Å². The maximum absolute atomic E-state index is 12.0. The lowest BCUT2D eigenvalue weighted by Gasteiger charge is -2.29. The Morgan fingerprint density at radius 1 is 1.38 bits per heavy atom. The third-order valence-corrected chi connectivity index (χ3v) is 3.17. The van der Waals surface area contributed by atoms with Crippen LogP contribution in [0.25, 0.3) is 5.57 Å². The van der Waals surface area contributed by atoms with Crippen molar-refractivity contribution >= 4 is 11.7 Å². The molecule has 0 saturated heterocycles. The Kier molecular flexibility index (Phi) is 4.50. The molecule has 5 nitrogen and oxygen atoms in total. The van der Waals surface area contributed by atoms with Crippen molar-refractivity contribution in [1.82, 2.24) is 9.88 Å². The van der Waals surface area contributed by atoms with E-state index in [9.17, 15) is 4.79 Å². The molecule has 0 aromatic carbocycles. The predicted octanol–water partition coefficient (Wildman–Crippen LogP) is 3.11. The highest BCUT2D eigenvalue weighted by Gasteiger charge is 2.24. The first-order chi connectivity index (χ1) is 9.90. The predicted molar refractivity (Wildman–Crippen MR) is 81.2 cm³/mol. The first-order valence-corrected chi connectivity index (χ1v) is 7.07. The summed E-state index contributed by atoms with van der Waals surface area (Å²) in [6.45, 7) is 6.80. The molecule has 0 spiro atoms. The molecule has 2 heterocycles. The molecule has 1 aliphatic rings. The van der Waals surface area contributed by atoms with Gasteiger partial charge in [-0.3, -0.25) is 0 Å². The number of nitrogens with zero attached hydrogens (tertiary/aromatic N) is 2. The zero-order valence-corrected chi connectivity index (χ0v) is 13.0. The van der Waals surface area contributed by atoms with Crippen molar-refractivity contribution in [3.05, 3.63) is 30.0 Å². The number of carbonyl (C=O) groups excluding carboxylic acids is 1. The summed E-state index contributed by atoms with van der Waals surface area (Å²) in [4.78, 5) is 17.9. The van der Waals surface area contributed by atoms with Gasteiger partial charge >= 0.3 is 6.09 Å². The Bertz CT molecular complexity index is 547. The number of aromatic nitrogens is 1. The van der Waals surface area contributed by atoms with Crippen molar-refractivity contribution in [2.45, 2.75) is 32.8 Å². The molecular weight excluding hydrogens is 268 g/mol. The maximum atomic E-state index is 12.0. The lowest BCUT2D eigenvalue weighted by Crippen LogP contribution is -2.39. The van der Waals surface area contributed by atoms with Crippen LogP contribution >= 0.6 is 0 Å². The second-order valence-electron chi connectivity index (χ2n) is 5.97. The highest BCUT2D eigenvalue weighted by atomic mass is 16.6. The van der Waals surface area contributed by atoms with E-state index >= 15 is 0 Å². The summed E-state index contributed by atoms with van der Waals surface area (Å²) >= 11 is 0. The molecule has 0 atom stereocenters. The topological polar surface area (TPSA) is 51.7 Å². The van der Waals surface area contributed by atoms with Crippen LogP contribution in [0.3, 0.4) is 0 Å². The van der Waals surface area contributed by atoms with Crippen molar-refractivity contribution in [2.24, 2.45) is 0 Å². The van der Waals surface area contributed by atoms with Crippen molar-refractivity contribution in [1.29, 1.82) is 0 Å². The number of ether oxygens (including phenoxy) is 2. The quantitative estimate of drug-likeness (QED) is 0.839. The molecule has 1 aromatic rings. The average Bonchev–Trinajstić information content (AvgIpc) is 2.45. The van der Waals surface area contributed by atoms with Gasteiger partial charge in [-0.25, -0.2) is 9.78 Å². The van der Waals surface area contributed by atoms with Crippen molar-refractivity contribution in [3.63, 3.8) is 0 Å². The Morgan fingerprint density at radius 2 is 2.14 bits per heavy atom. The summed E-state index contributed by atoms with van der Waals surface area (Å²) in [5.74, 6) is 0.620. The van der Waals surface area contributed by atoms with Gasteiger partial charge in [-0.1, -0.05) is 6.08 Å². The maximum Gasteiger partial charge on any atom is 0.410 e. The minimum absolute atomic E-state index is 0.268. The average molecular weight is 290 g/mol. The van der Waals surface area contributed by atoms with Gasteiger partial charge in [-0.05, 0) is 44.9 Å². The number of hydrogen-bond acceptors (Lipinski definition) is 4. The third kappa shape index (κ3) is 3.97. The summed E-state index contributed by atoms with van der Waals surface area (Å²) < 4.78 is 10.7. The number of hydrogen-bond donors (Lipinski definition) is 0. The largest absolute Gasteiger partial charge is 0.481 e. The van der Waals surface area contributed by atoms with Crippen molar-refractivity contribution in [3.8, 4) is 5.88 Å². The molecule has 5 heteroatoms. The van der Waals surface area contributed by atoms with E-state index in [-0.39, 0.29) is 6.09 Å². The van der Waals surface area contributed by atoms with Crippen LogP contribution in [0, 0.1) is 0 Å². The lowest BCUT2D eigenvalue weighted by molar-refractivity contribution is 0.0270. The molecule has 1 aromatic heterocycles. The fourth-order valence-electron chi connectivity index (χ4n) is 2.20. The number of carbonyl (C=O) groups is 1. The van der Waals surface area contributed by atoms with E-state index in [1.165, 1.54) is 0 Å². The molecular formula is C16H22N2O3. The molecule has 21 heavy (non-hydrogen) atoms. The Hall–Kier alpha value is -2.04. The summed E-state index contributed by atoms with van der Waals surface area (Å²) in [7, 11) is 1.61. The van der Waals surface area contributed by atoms with Crippen molar-refractivity contribution in [2.75, 3.05) is 20.2 Å². The molecule has 114 valence electrons. The molecule has 0 radical (unpaired) electrons. The second kappa shape index (κ2) is 6.16. The SMILES string of the molecule is COc1ncccc1C1=CCN(C(=O)OC(C)(C)C)CC1. The molecule has 2 rings (SSSR count). The van der Waals surface area contributed by atoms with Crippen LogP contribution < -0.4 is 4.74 Å². The van der Waals surface area contributed by atoms with Crippen LogP contribution in [0.5, 0.6) is 5.88 Å².